The molecule has 2 heterocycles. The van der Waals surface area contributed by atoms with Crippen molar-refractivity contribution in [2.45, 2.75) is 0 Å². The number of fused-ring (bicyclic) bond motifs is 1. The monoisotopic (exact) mass is 385 g/mol. The molecule has 1 aromatic heterocycles. The second kappa shape index (κ2) is 7.46. The number of imidazole rings is 1. The first-order chi connectivity index (χ1) is 13.1. The van der Waals surface area contributed by atoms with Crippen molar-refractivity contribution in [1.29, 1.82) is 0 Å². The van der Waals surface area contributed by atoms with E-state index in [1.165, 1.54) is 0 Å². The quantitative estimate of drug-likeness (QED) is 0.643. The first kappa shape index (κ1) is 17.6. The Morgan fingerprint density at radius 3 is 2.59 bits per heavy atom. The van der Waals surface area contributed by atoms with E-state index in [1.807, 2.05) is 18.2 Å². The van der Waals surface area contributed by atoms with Gasteiger partial charge in [0.15, 0.2) is 0 Å². The molecule has 1 amide bonds. The number of carbonyl (C=O) groups is 1. The number of anilines is 2. The number of aromatic amines is 2. The molecular formula is C19H20ClN5O2. The number of benzene rings is 2. The van der Waals surface area contributed by atoms with E-state index in [-0.39, 0.29) is 11.6 Å². The molecule has 4 rings (SSSR count). The number of aromatic nitrogens is 2. The van der Waals surface area contributed by atoms with Crippen LogP contribution in [-0.2, 0) is 4.79 Å². The lowest BCUT2D eigenvalue weighted by molar-refractivity contribution is -0.117. The summed E-state index contributed by atoms with van der Waals surface area (Å²) in [5.74, 6) is -0.0663. The lowest BCUT2D eigenvalue weighted by atomic mass is 10.2. The molecule has 27 heavy (non-hydrogen) atoms. The van der Waals surface area contributed by atoms with Crippen molar-refractivity contribution in [3.63, 3.8) is 0 Å². The molecule has 0 atom stereocenters. The third kappa shape index (κ3) is 4.15. The lowest BCUT2D eigenvalue weighted by Crippen LogP contribution is -2.48. The summed E-state index contributed by atoms with van der Waals surface area (Å²) in [4.78, 5) is 33.4. The highest BCUT2D eigenvalue weighted by molar-refractivity contribution is 6.30. The van der Waals surface area contributed by atoms with Crippen LogP contribution in [0.3, 0.4) is 0 Å². The number of amides is 1. The van der Waals surface area contributed by atoms with Crippen molar-refractivity contribution >= 4 is 39.9 Å². The topological polar surface area (TPSA) is 84.2 Å². The van der Waals surface area contributed by atoms with Crippen molar-refractivity contribution < 1.29 is 4.79 Å². The number of H-pyrrole nitrogens is 2. The van der Waals surface area contributed by atoms with E-state index in [2.05, 4.69) is 31.2 Å². The van der Waals surface area contributed by atoms with Crippen LogP contribution in [0.4, 0.5) is 11.4 Å². The Morgan fingerprint density at radius 1 is 1.04 bits per heavy atom. The number of nitrogens with zero attached hydrogens (tertiary/aromatic N) is 2. The predicted octanol–water partition coefficient (Wildman–Crippen LogP) is 2.27. The Kier molecular flexibility index (Phi) is 4.87. The number of hydrogen-bond acceptors (Lipinski definition) is 4. The first-order valence-corrected chi connectivity index (χ1v) is 9.19. The Balaban J connectivity index is 1.31. The molecular weight excluding hydrogens is 366 g/mol. The van der Waals surface area contributed by atoms with Gasteiger partial charge in [0.1, 0.15) is 0 Å². The Bertz CT molecular complexity index is 1020. The van der Waals surface area contributed by atoms with Gasteiger partial charge in [-0.25, -0.2) is 4.79 Å². The minimum absolute atomic E-state index is 0.0663. The molecule has 1 fully saturated rings. The zero-order valence-corrected chi connectivity index (χ0v) is 15.4. The van der Waals surface area contributed by atoms with Crippen LogP contribution in [0.5, 0.6) is 0 Å². The van der Waals surface area contributed by atoms with E-state index in [9.17, 15) is 9.59 Å². The molecule has 0 radical (unpaired) electrons. The van der Waals surface area contributed by atoms with Gasteiger partial charge in [-0.1, -0.05) is 17.7 Å². The molecule has 0 saturated carbocycles. The number of halogens is 1. The maximum absolute atomic E-state index is 12.4. The van der Waals surface area contributed by atoms with Gasteiger partial charge in [0.25, 0.3) is 0 Å². The number of piperazine rings is 1. The molecule has 0 unspecified atom stereocenters. The number of carbonyl (C=O) groups excluding carboxylic acids is 1. The number of nitrogens with one attached hydrogen (secondary N) is 3. The van der Waals surface area contributed by atoms with Crippen molar-refractivity contribution in [1.82, 2.24) is 14.9 Å². The van der Waals surface area contributed by atoms with E-state index in [4.69, 9.17) is 11.6 Å². The van der Waals surface area contributed by atoms with Crippen molar-refractivity contribution in [2.75, 3.05) is 42.9 Å². The fourth-order valence-corrected chi connectivity index (χ4v) is 3.54. The molecule has 1 aliphatic heterocycles. The molecule has 0 aliphatic carbocycles. The van der Waals surface area contributed by atoms with Gasteiger partial charge in [-0.05, 0) is 36.4 Å². The van der Waals surface area contributed by atoms with Gasteiger partial charge in [-0.2, -0.15) is 0 Å². The van der Waals surface area contributed by atoms with Crippen LogP contribution in [0.2, 0.25) is 5.02 Å². The minimum atomic E-state index is -0.258. The predicted molar refractivity (Wildman–Crippen MR) is 108 cm³/mol. The third-order valence-corrected chi connectivity index (χ3v) is 4.95. The van der Waals surface area contributed by atoms with Crippen LogP contribution in [-0.4, -0.2) is 53.5 Å². The average Bonchev–Trinajstić information content (AvgIpc) is 3.01. The van der Waals surface area contributed by atoms with Gasteiger partial charge in [0.05, 0.1) is 17.6 Å². The second-order valence-corrected chi connectivity index (χ2v) is 7.07. The van der Waals surface area contributed by atoms with Gasteiger partial charge >= 0.3 is 5.69 Å². The van der Waals surface area contributed by atoms with Gasteiger partial charge in [0.2, 0.25) is 5.91 Å². The standard InChI is InChI=1S/C19H20ClN5O2/c20-13-2-1-3-15(10-13)25-8-6-24(7-9-25)12-18(26)21-14-4-5-16-17(11-14)23-19(27)22-16/h1-5,10-11H,6-9,12H2,(H,21,26)(H2,22,23,27). The summed E-state index contributed by atoms with van der Waals surface area (Å²) in [5.41, 5.74) is 2.91. The average molecular weight is 386 g/mol. The van der Waals surface area contributed by atoms with E-state index >= 15 is 0 Å². The molecule has 1 aliphatic rings. The molecule has 140 valence electrons. The van der Waals surface area contributed by atoms with Crippen LogP contribution in [0.25, 0.3) is 11.0 Å². The summed E-state index contributed by atoms with van der Waals surface area (Å²) in [7, 11) is 0. The van der Waals surface area contributed by atoms with Gasteiger partial charge in [0, 0.05) is 42.6 Å². The van der Waals surface area contributed by atoms with Crippen molar-refractivity contribution in [3.05, 3.63) is 58.0 Å². The highest BCUT2D eigenvalue weighted by Gasteiger charge is 2.19. The smallest absolute Gasteiger partial charge is 0.323 e. The molecule has 3 aromatic rings. The third-order valence-electron chi connectivity index (χ3n) is 4.71. The fraction of sp³-hybridized carbons (Fsp3) is 0.263. The number of rotatable bonds is 4. The Labute approximate surface area is 160 Å². The lowest BCUT2D eigenvalue weighted by Gasteiger charge is -2.35. The normalized spacial score (nSPS) is 15.2. The Hall–Kier alpha value is -2.77. The molecule has 7 nitrogen and oxygen atoms in total. The van der Waals surface area contributed by atoms with Crippen LogP contribution in [0.1, 0.15) is 0 Å². The molecule has 1 saturated heterocycles. The van der Waals surface area contributed by atoms with E-state index in [1.54, 1.807) is 18.2 Å². The van der Waals surface area contributed by atoms with Gasteiger partial charge in [-0.3, -0.25) is 9.69 Å². The zero-order chi connectivity index (χ0) is 18.8. The minimum Gasteiger partial charge on any atom is -0.369 e. The largest absolute Gasteiger partial charge is 0.369 e. The maximum Gasteiger partial charge on any atom is 0.323 e. The molecule has 0 bridgehead atoms. The van der Waals surface area contributed by atoms with Crippen LogP contribution >= 0.6 is 11.6 Å². The van der Waals surface area contributed by atoms with Gasteiger partial charge in [-0.15, -0.1) is 0 Å². The highest BCUT2D eigenvalue weighted by Crippen LogP contribution is 2.21. The zero-order valence-electron chi connectivity index (χ0n) is 14.7. The molecule has 2 aromatic carbocycles. The Morgan fingerprint density at radius 2 is 1.81 bits per heavy atom. The van der Waals surface area contributed by atoms with Crippen LogP contribution < -0.4 is 15.9 Å². The van der Waals surface area contributed by atoms with E-state index in [0.717, 1.165) is 42.4 Å². The number of hydrogen-bond donors (Lipinski definition) is 3. The molecule has 3 N–H and O–H groups in total. The van der Waals surface area contributed by atoms with Crippen LogP contribution in [0, 0.1) is 0 Å². The van der Waals surface area contributed by atoms with E-state index < -0.39 is 0 Å². The highest BCUT2D eigenvalue weighted by atomic mass is 35.5. The summed E-state index contributed by atoms with van der Waals surface area (Å²) in [5, 5.41) is 3.62. The van der Waals surface area contributed by atoms with E-state index in [0.29, 0.717) is 17.7 Å². The fourth-order valence-electron chi connectivity index (χ4n) is 3.35. The molecule has 8 heteroatoms. The van der Waals surface area contributed by atoms with Crippen molar-refractivity contribution in [2.24, 2.45) is 0 Å². The summed E-state index contributed by atoms with van der Waals surface area (Å²) < 4.78 is 0. The summed E-state index contributed by atoms with van der Waals surface area (Å²) in [6.07, 6.45) is 0. The van der Waals surface area contributed by atoms with Gasteiger partial charge < -0.3 is 20.2 Å². The summed E-state index contributed by atoms with van der Waals surface area (Å²) >= 11 is 6.06. The summed E-state index contributed by atoms with van der Waals surface area (Å²) in [6, 6.07) is 13.1. The van der Waals surface area contributed by atoms with Crippen LogP contribution in [0.15, 0.2) is 47.3 Å². The maximum atomic E-state index is 12.4. The SMILES string of the molecule is O=C(CN1CCN(c2cccc(Cl)c2)CC1)Nc1ccc2[nH]c(=O)[nH]c2c1. The summed E-state index contributed by atoms with van der Waals surface area (Å²) in [6.45, 7) is 3.66. The van der Waals surface area contributed by atoms with Crippen molar-refractivity contribution in [3.8, 4) is 0 Å². The molecule has 0 spiro atoms. The second-order valence-electron chi connectivity index (χ2n) is 6.63. The first-order valence-electron chi connectivity index (χ1n) is 8.81.